The van der Waals surface area contributed by atoms with Gasteiger partial charge in [0.05, 0.1) is 6.42 Å². The largest absolute Gasteiger partial charge is 0.481 e. The second-order valence-corrected chi connectivity index (χ2v) is 3.23. The Bertz CT molecular complexity index is 330. The molecule has 1 atom stereocenters. The van der Waals surface area contributed by atoms with Crippen LogP contribution >= 0.6 is 0 Å². The van der Waals surface area contributed by atoms with Gasteiger partial charge in [-0.2, -0.15) is 0 Å². The van der Waals surface area contributed by atoms with Crippen molar-refractivity contribution in [1.29, 1.82) is 0 Å². The van der Waals surface area contributed by atoms with E-state index in [2.05, 4.69) is 0 Å². The lowest BCUT2D eigenvalue weighted by Gasteiger charge is -2.06. The van der Waals surface area contributed by atoms with Crippen LogP contribution in [-0.2, 0) is 4.79 Å². The van der Waals surface area contributed by atoms with Crippen LogP contribution in [0.1, 0.15) is 23.7 Å². The molecule has 0 spiro atoms. The zero-order valence-electron chi connectivity index (χ0n) is 7.93. The van der Waals surface area contributed by atoms with E-state index in [9.17, 15) is 9.59 Å². The minimum atomic E-state index is -0.943. The summed E-state index contributed by atoms with van der Waals surface area (Å²) in [5.41, 5.74) is 0.571. The van der Waals surface area contributed by atoms with E-state index >= 15 is 0 Å². The van der Waals surface area contributed by atoms with Gasteiger partial charge in [-0.3, -0.25) is 9.59 Å². The Labute approximate surface area is 82.4 Å². The molecule has 0 saturated carbocycles. The summed E-state index contributed by atoms with van der Waals surface area (Å²) in [7, 11) is 0. The number of carboxylic acid groups (broad SMARTS) is 1. The van der Waals surface area contributed by atoms with Crippen LogP contribution in [0.3, 0.4) is 0 Å². The summed E-state index contributed by atoms with van der Waals surface area (Å²) in [6.45, 7) is 1.63. The molecular weight excluding hydrogens is 180 g/mol. The third kappa shape index (κ3) is 2.69. The summed E-state index contributed by atoms with van der Waals surface area (Å²) in [6, 6.07) is 8.74. The molecule has 0 bridgehead atoms. The summed E-state index contributed by atoms with van der Waals surface area (Å²) in [4.78, 5) is 22.0. The van der Waals surface area contributed by atoms with Crippen molar-refractivity contribution in [3.63, 3.8) is 0 Å². The number of carbonyl (C=O) groups is 2. The zero-order valence-corrected chi connectivity index (χ0v) is 7.93. The fraction of sp³-hybridized carbons (Fsp3) is 0.273. The van der Waals surface area contributed by atoms with Crippen molar-refractivity contribution < 1.29 is 14.7 Å². The van der Waals surface area contributed by atoms with Crippen LogP contribution in [0.15, 0.2) is 30.3 Å². The lowest BCUT2D eigenvalue weighted by molar-refractivity contribution is -0.137. The van der Waals surface area contributed by atoms with E-state index in [4.69, 9.17) is 5.11 Å². The molecule has 0 heterocycles. The van der Waals surface area contributed by atoms with Crippen LogP contribution in [0.4, 0.5) is 0 Å². The van der Waals surface area contributed by atoms with Gasteiger partial charge in [0.25, 0.3) is 0 Å². The maximum Gasteiger partial charge on any atom is 0.304 e. The lowest BCUT2D eigenvalue weighted by atomic mass is 9.97. The highest BCUT2D eigenvalue weighted by Crippen LogP contribution is 2.11. The van der Waals surface area contributed by atoms with Gasteiger partial charge in [-0.25, -0.2) is 0 Å². The molecule has 1 aromatic carbocycles. The SMILES string of the molecule is C[C@H](CC(=O)O)C(=O)c1ccccc1. The molecule has 0 unspecified atom stereocenters. The number of hydrogen-bond acceptors (Lipinski definition) is 2. The molecular formula is C11H12O3. The molecule has 1 aromatic rings. The summed E-state index contributed by atoms with van der Waals surface area (Å²) in [6.07, 6.45) is -0.117. The predicted molar refractivity (Wildman–Crippen MR) is 52.2 cm³/mol. The topological polar surface area (TPSA) is 54.4 Å². The first-order valence-electron chi connectivity index (χ1n) is 4.42. The quantitative estimate of drug-likeness (QED) is 0.742. The number of rotatable bonds is 4. The second kappa shape index (κ2) is 4.56. The molecule has 3 heteroatoms. The van der Waals surface area contributed by atoms with Gasteiger partial charge in [0.1, 0.15) is 0 Å². The highest BCUT2D eigenvalue weighted by atomic mass is 16.4. The van der Waals surface area contributed by atoms with E-state index in [0.717, 1.165) is 0 Å². The van der Waals surface area contributed by atoms with Crippen LogP contribution in [0, 0.1) is 5.92 Å². The Morgan fingerprint density at radius 1 is 1.29 bits per heavy atom. The Hall–Kier alpha value is -1.64. The first-order chi connectivity index (χ1) is 6.61. The molecule has 0 aliphatic carbocycles. The van der Waals surface area contributed by atoms with E-state index in [1.54, 1.807) is 31.2 Å². The van der Waals surface area contributed by atoms with Crippen molar-refractivity contribution in [2.24, 2.45) is 5.92 Å². The third-order valence-electron chi connectivity index (χ3n) is 1.99. The predicted octanol–water partition coefficient (Wildman–Crippen LogP) is 1.98. The minimum absolute atomic E-state index is 0.117. The second-order valence-electron chi connectivity index (χ2n) is 3.23. The number of benzene rings is 1. The number of ketones is 1. The third-order valence-corrected chi connectivity index (χ3v) is 1.99. The number of carbonyl (C=O) groups excluding carboxylic acids is 1. The zero-order chi connectivity index (χ0) is 10.6. The van der Waals surface area contributed by atoms with Crippen molar-refractivity contribution in [2.45, 2.75) is 13.3 Å². The van der Waals surface area contributed by atoms with Crippen molar-refractivity contribution in [1.82, 2.24) is 0 Å². The van der Waals surface area contributed by atoms with Crippen LogP contribution < -0.4 is 0 Å². The molecule has 0 aliphatic heterocycles. The van der Waals surface area contributed by atoms with E-state index in [1.165, 1.54) is 0 Å². The lowest BCUT2D eigenvalue weighted by Crippen LogP contribution is -2.15. The van der Waals surface area contributed by atoms with E-state index in [-0.39, 0.29) is 12.2 Å². The summed E-state index contributed by atoms with van der Waals surface area (Å²) in [5.74, 6) is -1.52. The van der Waals surface area contributed by atoms with Crippen molar-refractivity contribution >= 4 is 11.8 Å². The fourth-order valence-corrected chi connectivity index (χ4v) is 1.24. The molecule has 0 radical (unpaired) electrons. The first-order valence-corrected chi connectivity index (χ1v) is 4.42. The van der Waals surface area contributed by atoms with E-state index < -0.39 is 11.9 Å². The van der Waals surface area contributed by atoms with Gasteiger partial charge in [-0.05, 0) is 0 Å². The van der Waals surface area contributed by atoms with E-state index in [1.807, 2.05) is 6.07 Å². The Balaban J connectivity index is 2.71. The molecule has 1 N–H and O–H groups in total. The Morgan fingerprint density at radius 3 is 2.36 bits per heavy atom. The summed E-state index contributed by atoms with van der Waals surface area (Å²) >= 11 is 0. The standard InChI is InChI=1S/C11H12O3/c1-8(7-10(12)13)11(14)9-5-3-2-4-6-9/h2-6,8H,7H2,1H3,(H,12,13)/t8-/m1/s1. The molecule has 74 valence electrons. The fourth-order valence-electron chi connectivity index (χ4n) is 1.24. The maximum absolute atomic E-state index is 11.6. The van der Waals surface area contributed by atoms with Crippen molar-refractivity contribution in [3.8, 4) is 0 Å². The Morgan fingerprint density at radius 2 is 1.86 bits per heavy atom. The van der Waals surface area contributed by atoms with Crippen molar-refractivity contribution in [3.05, 3.63) is 35.9 Å². The van der Waals surface area contributed by atoms with Gasteiger partial charge in [0.15, 0.2) is 5.78 Å². The van der Waals surface area contributed by atoms with E-state index in [0.29, 0.717) is 5.56 Å². The average molecular weight is 192 g/mol. The molecule has 14 heavy (non-hydrogen) atoms. The molecule has 0 fully saturated rings. The van der Waals surface area contributed by atoms with Crippen LogP contribution in [0.2, 0.25) is 0 Å². The normalized spacial score (nSPS) is 12.1. The number of Topliss-reactive ketones (excluding diaryl/α,β-unsaturated/α-hetero) is 1. The molecule has 1 rings (SSSR count). The number of hydrogen-bond donors (Lipinski definition) is 1. The first kappa shape index (κ1) is 10.4. The number of aliphatic carboxylic acids is 1. The minimum Gasteiger partial charge on any atom is -0.481 e. The van der Waals surface area contributed by atoms with Crippen LogP contribution in [0.5, 0.6) is 0 Å². The van der Waals surface area contributed by atoms with Gasteiger partial charge in [0.2, 0.25) is 0 Å². The molecule has 0 saturated heterocycles. The van der Waals surface area contributed by atoms with Crippen LogP contribution in [-0.4, -0.2) is 16.9 Å². The molecule has 0 aromatic heterocycles. The summed E-state index contributed by atoms with van der Waals surface area (Å²) < 4.78 is 0. The summed E-state index contributed by atoms with van der Waals surface area (Å²) in [5, 5.41) is 8.53. The van der Waals surface area contributed by atoms with Gasteiger partial charge < -0.3 is 5.11 Å². The number of carboxylic acids is 1. The highest BCUT2D eigenvalue weighted by molar-refractivity contribution is 5.99. The smallest absolute Gasteiger partial charge is 0.304 e. The average Bonchev–Trinajstić information content (AvgIpc) is 2.17. The molecule has 0 aliphatic rings. The monoisotopic (exact) mass is 192 g/mol. The van der Waals surface area contributed by atoms with Gasteiger partial charge in [0, 0.05) is 11.5 Å². The maximum atomic E-state index is 11.6. The van der Waals surface area contributed by atoms with Gasteiger partial charge in [-0.15, -0.1) is 0 Å². The molecule has 0 amide bonds. The van der Waals surface area contributed by atoms with Gasteiger partial charge in [-0.1, -0.05) is 37.3 Å². The molecule has 3 nitrogen and oxygen atoms in total. The van der Waals surface area contributed by atoms with Crippen LogP contribution in [0.25, 0.3) is 0 Å². The Kier molecular flexibility index (Phi) is 3.40. The van der Waals surface area contributed by atoms with Crippen molar-refractivity contribution in [2.75, 3.05) is 0 Å². The van der Waals surface area contributed by atoms with Gasteiger partial charge >= 0.3 is 5.97 Å². The highest BCUT2D eigenvalue weighted by Gasteiger charge is 2.17.